The highest BCUT2D eigenvalue weighted by molar-refractivity contribution is 5.17. The Bertz CT molecular complexity index is 308. The fraction of sp³-hybridized carbons (Fsp3) is 0.429. The second kappa shape index (κ2) is 4.45. The van der Waals surface area contributed by atoms with Crippen LogP contribution in [0.1, 0.15) is 31.7 Å². The lowest BCUT2D eigenvalue weighted by atomic mass is 9.87. The van der Waals surface area contributed by atoms with Crippen molar-refractivity contribution in [2.75, 3.05) is 0 Å². The van der Waals surface area contributed by atoms with E-state index in [1.807, 2.05) is 0 Å². The highest BCUT2D eigenvalue weighted by Gasteiger charge is 2.11. The minimum atomic E-state index is 0.783. The van der Waals surface area contributed by atoms with Gasteiger partial charge in [-0.1, -0.05) is 42.0 Å². The molecule has 0 saturated carbocycles. The van der Waals surface area contributed by atoms with Crippen LogP contribution in [0.25, 0.3) is 0 Å². The zero-order chi connectivity index (χ0) is 9.80. The number of rotatable bonds is 2. The van der Waals surface area contributed by atoms with E-state index in [0.717, 1.165) is 5.92 Å². The molecule has 0 radical (unpaired) electrons. The van der Waals surface area contributed by atoms with E-state index in [1.54, 1.807) is 5.57 Å². The van der Waals surface area contributed by atoms with Crippen LogP contribution in [-0.4, -0.2) is 0 Å². The number of hydrogen-bond donors (Lipinski definition) is 0. The zero-order valence-corrected chi connectivity index (χ0v) is 8.87. The van der Waals surface area contributed by atoms with Gasteiger partial charge in [0.25, 0.3) is 0 Å². The first-order valence-electron chi connectivity index (χ1n) is 5.56. The molecule has 2 rings (SSSR count). The average Bonchev–Trinajstić information content (AvgIpc) is 2.19. The molecule has 1 aromatic rings. The molecule has 0 fully saturated rings. The summed E-state index contributed by atoms with van der Waals surface area (Å²) >= 11 is 0. The van der Waals surface area contributed by atoms with Crippen molar-refractivity contribution in [3.63, 3.8) is 0 Å². The Morgan fingerprint density at radius 3 is 2.71 bits per heavy atom. The van der Waals surface area contributed by atoms with Crippen molar-refractivity contribution in [1.82, 2.24) is 0 Å². The highest BCUT2D eigenvalue weighted by Crippen LogP contribution is 2.25. The molecular weight excluding hydrogens is 168 g/mol. The lowest BCUT2D eigenvalue weighted by molar-refractivity contribution is 0.526. The summed E-state index contributed by atoms with van der Waals surface area (Å²) in [6.45, 7) is 2.26. The molecule has 74 valence electrons. The van der Waals surface area contributed by atoms with Gasteiger partial charge >= 0.3 is 0 Å². The summed E-state index contributed by atoms with van der Waals surface area (Å²) < 4.78 is 0. The molecule has 0 nitrogen and oxygen atoms in total. The van der Waals surface area contributed by atoms with Crippen molar-refractivity contribution in [2.24, 2.45) is 5.92 Å². The first kappa shape index (κ1) is 9.51. The van der Waals surface area contributed by atoms with Crippen LogP contribution in [0.3, 0.4) is 0 Å². The van der Waals surface area contributed by atoms with Gasteiger partial charge in [0.05, 0.1) is 0 Å². The van der Waals surface area contributed by atoms with Gasteiger partial charge in [-0.2, -0.15) is 0 Å². The fourth-order valence-corrected chi connectivity index (χ4v) is 2.29. The van der Waals surface area contributed by atoms with E-state index >= 15 is 0 Å². The normalized spacial score (nSPS) is 21.8. The first-order valence-corrected chi connectivity index (χ1v) is 5.56. The van der Waals surface area contributed by atoms with Crippen molar-refractivity contribution in [3.8, 4) is 0 Å². The maximum absolute atomic E-state index is 2.47. The van der Waals surface area contributed by atoms with Gasteiger partial charge in [0.1, 0.15) is 0 Å². The van der Waals surface area contributed by atoms with Crippen LogP contribution >= 0.6 is 0 Å². The van der Waals surface area contributed by atoms with Gasteiger partial charge in [0.15, 0.2) is 0 Å². The Kier molecular flexibility index (Phi) is 3.03. The summed E-state index contributed by atoms with van der Waals surface area (Å²) in [4.78, 5) is 0. The number of benzene rings is 1. The summed E-state index contributed by atoms with van der Waals surface area (Å²) in [5.41, 5.74) is 3.06. The van der Waals surface area contributed by atoms with E-state index in [4.69, 9.17) is 0 Å². The molecular formula is C14H18. The quantitative estimate of drug-likeness (QED) is 0.613. The SMILES string of the molecule is CC1=CC(Cc2ccccc2)CCC1. The highest BCUT2D eigenvalue weighted by atomic mass is 14.2. The van der Waals surface area contributed by atoms with Crippen molar-refractivity contribution >= 4 is 0 Å². The minimum Gasteiger partial charge on any atom is -0.0822 e. The summed E-state index contributed by atoms with van der Waals surface area (Å²) in [6, 6.07) is 10.8. The largest absolute Gasteiger partial charge is 0.0822 e. The van der Waals surface area contributed by atoms with Crippen LogP contribution < -0.4 is 0 Å². The van der Waals surface area contributed by atoms with Gasteiger partial charge in [-0.25, -0.2) is 0 Å². The van der Waals surface area contributed by atoms with Crippen LogP contribution in [0.4, 0.5) is 0 Å². The van der Waals surface area contributed by atoms with E-state index in [9.17, 15) is 0 Å². The van der Waals surface area contributed by atoms with E-state index in [0.29, 0.717) is 0 Å². The molecule has 1 aliphatic rings. The molecule has 1 atom stereocenters. The van der Waals surface area contributed by atoms with Gasteiger partial charge in [-0.3, -0.25) is 0 Å². The molecule has 0 aliphatic heterocycles. The van der Waals surface area contributed by atoms with Crippen LogP contribution in [0.2, 0.25) is 0 Å². The lowest BCUT2D eigenvalue weighted by Gasteiger charge is -2.19. The topological polar surface area (TPSA) is 0 Å². The van der Waals surface area contributed by atoms with Crippen LogP contribution in [0, 0.1) is 5.92 Å². The smallest absolute Gasteiger partial charge is 0.0190 e. The van der Waals surface area contributed by atoms with Gasteiger partial charge < -0.3 is 0 Å². The second-order valence-electron chi connectivity index (χ2n) is 4.36. The first-order chi connectivity index (χ1) is 6.84. The standard InChI is InChI=1S/C14H18/c1-12-6-5-9-14(10-12)11-13-7-3-2-4-8-13/h2-4,7-8,10,14H,5-6,9,11H2,1H3. The molecule has 0 spiro atoms. The van der Waals surface area contributed by atoms with Gasteiger partial charge in [-0.05, 0) is 44.1 Å². The average molecular weight is 186 g/mol. The Balaban J connectivity index is 2.01. The van der Waals surface area contributed by atoms with Gasteiger partial charge in [0.2, 0.25) is 0 Å². The maximum atomic E-state index is 2.47. The Hall–Kier alpha value is -1.04. The molecule has 0 amide bonds. The molecule has 0 heteroatoms. The summed E-state index contributed by atoms with van der Waals surface area (Å²) in [6.07, 6.45) is 7.74. The zero-order valence-electron chi connectivity index (χ0n) is 8.87. The predicted octanol–water partition coefficient (Wildman–Crippen LogP) is 3.98. The third-order valence-electron chi connectivity index (χ3n) is 3.01. The fourth-order valence-electron chi connectivity index (χ4n) is 2.29. The summed E-state index contributed by atoms with van der Waals surface area (Å²) in [5.74, 6) is 0.783. The van der Waals surface area contributed by atoms with Crippen molar-refractivity contribution in [1.29, 1.82) is 0 Å². The van der Waals surface area contributed by atoms with E-state index in [1.165, 1.54) is 31.2 Å². The maximum Gasteiger partial charge on any atom is -0.0190 e. The van der Waals surface area contributed by atoms with Crippen LogP contribution in [-0.2, 0) is 6.42 Å². The second-order valence-corrected chi connectivity index (χ2v) is 4.36. The minimum absolute atomic E-state index is 0.783. The predicted molar refractivity (Wildman–Crippen MR) is 61.2 cm³/mol. The molecule has 0 saturated heterocycles. The van der Waals surface area contributed by atoms with Gasteiger partial charge in [0, 0.05) is 0 Å². The molecule has 1 unspecified atom stereocenters. The summed E-state index contributed by atoms with van der Waals surface area (Å²) in [7, 11) is 0. The van der Waals surface area contributed by atoms with Crippen molar-refractivity contribution in [2.45, 2.75) is 32.6 Å². The molecule has 0 N–H and O–H groups in total. The number of hydrogen-bond acceptors (Lipinski definition) is 0. The van der Waals surface area contributed by atoms with Crippen molar-refractivity contribution < 1.29 is 0 Å². The Labute approximate surface area is 86.7 Å². The third-order valence-corrected chi connectivity index (χ3v) is 3.01. The molecule has 0 heterocycles. The van der Waals surface area contributed by atoms with Crippen molar-refractivity contribution in [3.05, 3.63) is 47.5 Å². The summed E-state index contributed by atoms with van der Waals surface area (Å²) in [5, 5.41) is 0. The number of allylic oxidation sites excluding steroid dienone is 2. The monoisotopic (exact) mass is 186 g/mol. The molecule has 1 aromatic carbocycles. The molecule has 14 heavy (non-hydrogen) atoms. The van der Waals surface area contributed by atoms with Crippen LogP contribution in [0.5, 0.6) is 0 Å². The third kappa shape index (κ3) is 2.47. The van der Waals surface area contributed by atoms with E-state index in [-0.39, 0.29) is 0 Å². The molecule has 1 aliphatic carbocycles. The van der Waals surface area contributed by atoms with Gasteiger partial charge in [-0.15, -0.1) is 0 Å². The molecule has 0 aromatic heterocycles. The Morgan fingerprint density at radius 2 is 2.00 bits per heavy atom. The van der Waals surface area contributed by atoms with Crippen LogP contribution in [0.15, 0.2) is 42.0 Å². The molecule has 0 bridgehead atoms. The lowest BCUT2D eigenvalue weighted by Crippen LogP contribution is -2.06. The van der Waals surface area contributed by atoms with E-state index < -0.39 is 0 Å². The Morgan fingerprint density at radius 1 is 1.21 bits per heavy atom. The van der Waals surface area contributed by atoms with E-state index in [2.05, 4.69) is 43.3 Å².